The Morgan fingerprint density at radius 3 is 2.79 bits per heavy atom. The van der Waals surface area contributed by atoms with Gasteiger partial charge < -0.3 is 5.73 Å². The van der Waals surface area contributed by atoms with Crippen LogP contribution in [-0.4, -0.2) is 19.6 Å². The molecule has 19 heavy (non-hydrogen) atoms. The lowest BCUT2D eigenvalue weighted by molar-refractivity contribution is 0.709. The van der Waals surface area contributed by atoms with E-state index in [2.05, 4.69) is 34.2 Å². The second-order valence-electron chi connectivity index (χ2n) is 4.68. The number of aromatic nitrogens is 4. The van der Waals surface area contributed by atoms with Crippen molar-refractivity contribution >= 4 is 11.5 Å². The Morgan fingerprint density at radius 2 is 2.00 bits per heavy atom. The van der Waals surface area contributed by atoms with Crippen LogP contribution in [0.3, 0.4) is 0 Å². The number of hydrogen-bond donors (Lipinski definition) is 1. The van der Waals surface area contributed by atoms with Gasteiger partial charge >= 0.3 is 0 Å². The minimum absolute atomic E-state index is 0.355. The van der Waals surface area contributed by atoms with Gasteiger partial charge in [-0.05, 0) is 29.7 Å². The predicted octanol–water partition coefficient (Wildman–Crippen LogP) is 2.05. The largest absolute Gasteiger partial charge is 0.399 e. The molecule has 2 aromatic heterocycles. The monoisotopic (exact) mass is 253 g/mol. The van der Waals surface area contributed by atoms with Crippen LogP contribution in [-0.2, 0) is 6.42 Å². The van der Waals surface area contributed by atoms with Gasteiger partial charge in [-0.25, -0.2) is 4.98 Å². The molecule has 2 heterocycles. The second-order valence-corrected chi connectivity index (χ2v) is 4.68. The van der Waals surface area contributed by atoms with Gasteiger partial charge in [0.1, 0.15) is 5.82 Å². The second kappa shape index (κ2) is 4.68. The molecule has 5 nitrogen and oxygen atoms in total. The summed E-state index contributed by atoms with van der Waals surface area (Å²) in [6.07, 6.45) is 4.47. The summed E-state index contributed by atoms with van der Waals surface area (Å²) in [5.41, 5.74) is 7.73. The number of benzene rings is 1. The summed E-state index contributed by atoms with van der Waals surface area (Å²) < 4.78 is 1.92. The Balaban J connectivity index is 1.86. The average Bonchev–Trinajstić information content (AvgIpc) is 2.83. The quantitative estimate of drug-likeness (QED) is 0.725. The molecule has 0 fully saturated rings. The van der Waals surface area contributed by atoms with Crippen LogP contribution in [0.5, 0.6) is 0 Å². The third-order valence-corrected chi connectivity index (χ3v) is 3.25. The van der Waals surface area contributed by atoms with Gasteiger partial charge in [-0.15, -0.1) is 10.2 Å². The van der Waals surface area contributed by atoms with Gasteiger partial charge in [0.05, 0.1) is 0 Å². The van der Waals surface area contributed by atoms with Crippen molar-refractivity contribution in [2.45, 2.75) is 19.3 Å². The molecule has 5 heteroatoms. The lowest BCUT2D eigenvalue weighted by atomic mass is 9.97. The highest BCUT2D eigenvalue weighted by atomic mass is 15.3. The summed E-state index contributed by atoms with van der Waals surface area (Å²) in [6.45, 7) is 2.17. The SMILES string of the molecule is CC(Cc1nnc2ncccn12)c1ccc(N)cc1. The van der Waals surface area contributed by atoms with Crippen molar-refractivity contribution in [3.63, 3.8) is 0 Å². The number of rotatable bonds is 3. The maximum Gasteiger partial charge on any atom is 0.254 e. The van der Waals surface area contributed by atoms with Gasteiger partial charge in [-0.2, -0.15) is 0 Å². The van der Waals surface area contributed by atoms with Gasteiger partial charge in [0.15, 0.2) is 0 Å². The fourth-order valence-corrected chi connectivity index (χ4v) is 2.14. The van der Waals surface area contributed by atoms with E-state index in [-0.39, 0.29) is 0 Å². The number of nitrogens with zero attached hydrogens (tertiary/aromatic N) is 4. The van der Waals surface area contributed by atoms with Crippen LogP contribution in [0.2, 0.25) is 0 Å². The topological polar surface area (TPSA) is 69.1 Å². The fourth-order valence-electron chi connectivity index (χ4n) is 2.14. The van der Waals surface area contributed by atoms with Crippen LogP contribution < -0.4 is 5.73 Å². The van der Waals surface area contributed by atoms with Crippen molar-refractivity contribution < 1.29 is 0 Å². The Hall–Kier alpha value is -2.43. The average molecular weight is 253 g/mol. The van der Waals surface area contributed by atoms with Crippen molar-refractivity contribution in [1.82, 2.24) is 19.6 Å². The van der Waals surface area contributed by atoms with Crippen LogP contribution in [0.15, 0.2) is 42.7 Å². The number of anilines is 1. The van der Waals surface area contributed by atoms with E-state index in [0.29, 0.717) is 11.7 Å². The molecule has 0 bridgehead atoms. The van der Waals surface area contributed by atoms with E-state index in [1.807, 2.05) is 28.8 Å². The molecule has 0 aliphatic carbocycles. The lowest BCUT2D eigenvalue weighted by Crippen LogP contribution is -2.03. The van der Waals surface area contributed by atoms with E-state index in [4.69, 9.17) is 5.73 Å². The standard InChI is InChI=1S/C14H15N5/c1-10(11-3-5-12(15)6-4-11)9-13-17-18-14-16-7-2-8-19(13)14/h2-8,10H,9,15H2,1H3. The maximum atomic E-state index is 5.70. The van der Waals surface area contributed by atoms with Gasteiger partial charge in [0.25, 0.3) is 5.78 Å². The molecule has 3 rings (SSSR count). The molecule has 0 saturated heterocycles. The minimum atomic E-state index is 0.355. The van der Waals surface area contributed by atoms with E-state index in [0.717, 1.165) is 17.9 Å². The fraction of sp³-hybridized carbons (Fsp3) is 0.214. The van der Waals surface area contributed by atoms with E-state index in [1.165, 1.54) is 5.56 Å². The first-order valence-corrected chi connectivity index (χ1v) is 6.24. The summed E-state index contributed by atoms with van der Waals surface area (Å²) in [4.78, 5) is 4.17. The van der Waals surface area contributed by atoms with Crippen molar-refractivity contribution in [2.24, 2.45) is 0 Å². The smallest absolute Gasteiger partial charge is 0.254 e. The predicted molar refractivity (Wildman–Crippen MR) is 73.8 cm³/mol. The molecule has 1 aromatic carbocycles. The zero-order valence-corrected chi connectivity index (χ0v) is 10.7. The summed E-state index contributed by atoms with van der Waals surface area (Å²) in [5, 5.41) is 8.27. The van der Waals surface area contributed by atoms with E-state index >= 15 is 0 Å². The van der Waals surface area contributed by atoms with Crippen molar-refractivity contribution in [3.05, 3.63) is 54.1 Å². The molecule has 96 valence electrons. The van der Waals surface area contributed by atoms with Crippen LogP contribution in [0.4, 0.5) is 5.69 Å². The third kappa shape index (κ3) is 2.27. The number of fused-ring (bicyclic) bond motifs is 1. The zero-order chi connectivity index (χ0) is 13.2. The lowest BCUT2D eigenvalue weighted by Gasteiger charge is -2.10. The van der Waals surface area contributed by atoms with Gasteiger partial charge in [0, 0.05) is 24.5 Å². The molecule has 0 aliphatic rings. The van der Waals surface area contributed by atoms with Crippen LogP contribution in [0.1, 0.15) is 24.2 Å². The Kier molecular flexibility index (Phi) is 2.87. The molecular weight excluding hydrogens is 238 g/mol. The highest BCUT2D eigenvalue weighted by Crippen LogP contribution is 2.20. The van der Waals surface area contributed by atoms with E-state index < -0.39 is 0 Å². The third-order valence-electron chi connectivity index (χ3n) is 3.25. The molecule has 1 atom stereocenters. The molecule has 0 spiro atoms. The first kappa shape index (κ1) is 11.6. The first-order valence-electron chi connectivity index (χ1n) is 6.24. The zero-order valence-electron chi connectivity index (χ0n) is 10.7. The number of nitrogens with two attached hydrogens (primary N) is 1. The number of hydrogen-bond acceptors (Lipinski definition) is 4. The molecule has 3 aromatic rings. The Bertz CT molecular complexity index is 686. The van der Waals surface area contributed by atoms with Gasteiger partial charge in [-0.1, -0.05) is 19.1 Å². The molecular formula is C14H15N5. The van der Waals surface area contributed by atoms with Gasteiger partial charge in [-0.3, -0.25) is 4.40 Å². The molecule has 0 saturated carbocycles. The summed E-state index contributed by atoms with van der Waals surface area (Å²) >= 11 is 0. The summed E-state index contributed by atoms with van der Waals surface area (Å²) in [7, 11) is 0. The molecule has 2 N–H and O–H groups in total. The Morgan fingerprint density at radius 1 is 1.21 bits per heavy atom. The maximum absolute atomic E-state index is 5.70. The van der Waals surface area contributed by atoms with Crippen LogP contribution in [0.25, 0.3) is 5.78 Å². The summed E-state index contributed by atoms with van der Waals surface area (Å²) in [6, 6.07) is 9.85. The van der Waals surface area contributed by atoms with Crippen LogP contribution in [0, 0.1) is 0 Å². The molecule has 0 radical (unpaired) electrons. The minimum Gasteiger partial charge on any atom is -0.399 e. The van der Waals surface area contributed by atoms with Gasteiger partial charge in [0.2, 0.25) is 0 Å². The first-order chi connectivity index (χ1) is 9.24. The normalized spacial score (nSPS) is 12.7. The molecule has 0 amide bonds. The van der Waals surface area contributed by atoms with Crippen molar-refractivity contribution in [1.29, 1.82) is 0 Å². The van der Waals surface area contributed by atoms with E-state index in [1.54, 1.807) is 6.20 Å². The summed E-state index contributed by atoms with van der Waals surface area (Å²) in [5.74, 6) is 1.92. The van der Waals surface area contributed by atoms with Crippen molar-refractivity contribution in [3.8, 4) is 0 Å². The van der Waals surface area contributed by atoms with Crippen molar-refractivity contribution in [2.75, 3.05) is 5.73 Å². The molecule has 1 unspecified atom stereocenters. The highest BCUT2D eigenvalue weighted by molar-refractivity contribution is 5.40. The molecule has 0 aliphatic heterocycles. The van der Waals surface area contributed by atoms with Crippen LogP contribution >= 0.6 is 0 Å². The van der Waals surface area contributed by atoms with E-state index in [9.17, 15) is 0 Å². The number of nitrogen functional groups attached to an aromatic ring is 1. The highest BCUT2D eigenvalue weighted by Gasteiger charge is 2.12. The Labute approximate surface area is 111 Å².